The summed E-state index contributed by atoms with van der Waals surface area (Å²) in [5, 5.41) is 13.2. The van der Waals surface area contributed by atoms with E-state index >= 15 is 0 Å². The number of ketones is 1. The average Bonchev–Trinajstić information content (AvgIpc) is 3.51. The van der Waals surface area contributed by atoms with Crippen LogP contribution in [0.3, 0.4) is 0 Å². The predicted octanol–water partition coefficient (Wildman–Crippen LogP) is 10.7. The van der Waals surface area contributed by atoms with Crippen molar-refractivity contribution in [3.05, 3.63) is 96.7 Å². The number of furan rings is 1. The van der Waals surface area contributed by atoms with Crippen LogP contribution in [0.15, 0.2) is 89.5 Å². The van der Waals surface area contributed by atoms with Crippen molar-refractivity contribution in [1.29, 1.82) is 0 Å². The van der Waals surface area contributed by atoms with E-state index in [2.05, 4.69) is 67.1 Å². The summed E-state index contributed by atoms with van der Waals surface area (Å²) in [6.07, 6.45) is 8.23. The van der Waals surface area contributed by atoms with Gasteiger partial charge in [0.05, 0.1) is 17.7 Å². The van der Waals surface area contributed by atoms with Crippen molar-refractivity contribution in [2.75, 3.05) is 0 Å². The van der Waals surface area contributed by atoms with Crippen LogP contribution >= 0.6 is 0 Å². The Bertz CT molecular complexity index is 1740. The zero-order chi connectivity index (χ0) is 31.9. The van der Waals surface area contributed by atoms with Crippen LogP contribution in [0.5, 0.6) is 0 Å². The maximum Gasteiger partial charge on any atom is 0.162 e. The van der Waals surface area contributed by atoms with Crippen molar-refractivity contribution >= 4 is 27.5 Å². The summed E-state index contributed by atoms with van der Waals surface area (Å²) in [4.78, 5) is 20.8. The zero-order valence-electron chi connectivity index (χ0n) is 27.5. The maximum absolute atomic E-state index is 11.7. The number of nitrogens with zero attached hydrogens (tertiary/aromatic N) is 2. The number of carbonyl (C=O) groups is 1. The van der Waals surface area contributed by atoms with Gasteiger partial charge in [0.25, 0.3) is 0 Å². The van der Waals surface area contributed by atoms with Gasteiger partial charge >= 0.3 is 0 Å². The summed E-state index contributed by atoms with van der Waals surface area (Å²) in [5.74, 6) is 0.547. The molecule has 239 valence electrons. The molecule has 1 N–H and O–H groups in total. The molecule has 0 atom stereocenters. The van der Waals surface area contributed by atoms with Crippen molar-refractivity contribution in [1.82, 2.24) is 9.97 Å². The van der Waals surface area contributed by atoms with E-state index in [-0.39, 0.29) is 48.9 Å². The molecule has 5 rings (SSSR count). The van der Waals surface area contributed by atoms with Crippen molar-refractivity contribution in [3.8, 4) is 22.5 Å². The van der Waals surface area contributed by atoms with E-state index in [0.29, 0.717) is 0 Å². The first-order valence-electron chi connectivity index (χ1n) is 15.8. The summed E-state index contributed by atoms with van der Waals surface area (Å²) in [7, 11) is 0. The van der Waals surface area contributed by atoms with E-state index in [4.69, 9.17) is 4.42 Å². The van der Waals surface area contributed by atoms with E-state index < -0.39 is 0 Å². The first-order valence-corrected chi connectivity index (χ1v) is 15.8. The number of para-hydroxylation sites is 1. The third kappa shape index (κ3) is 8.56. The van der Waals surface area contributed by atoms with Crippen molar-refractivity contribution < 1.29 is 34.4 Å². The van der Waals surface area contributed by atoms with Gasteiger partial charge in [0.15, 0.2) is 5.78 Å². The molecule has 1 radical (unpaired) electrons. The molecular weight excluding hydrogens is 737 g/mol. The number of rotatable bonds is 9. The number of benzene rings is 3. The van der Waals surface area contributed by atoms with Gasteiger partial charge in [0.2, 0.25) is 0 Å². The quantitative estimate of drug-likeness (QED) is 0.0916. The van der Waals surface area contributed by atoms with Gasteiger partial charge in [-0.1, -0.05) is 89.7 Å². The van der Waals surface area contributed by atoms with Crippen LogP contribution in [0.1, 0.15) is 79.7 Å². The second-order valence-corrected chi connectivity index (χ2v) is 12.3. The molecule has 5 aromatic rings. The van der Waals surface area contributed by atoms with Gasteiger partial charge in [-0.15, -0.1) is 29.1 Å². The van der Waals surface area contributed by atoms with Crippen LogP contribution in [-0.2, 0) is 30.3 Å². The van der Waals surface area contributed by atoms with E-state index in [1.807, 2.05) is 58.0 Å². The molecule has 0 aliphatic carbocycles. The molecule has 2 aromatic heterocycles. The van der Waals surface area contributed by atoms with Crippen molar-refractivity contribution in [2.24, 2.45) is 11.8 Å². The molecule has 0 saturated carbocycles. The molecule has 0 saturated heterocycles. The molecule has 0 amide bonds. The van der Waals surface area contributed by atoms with Gasteiger partial charge in [0, 0.05) is 54.7 Å². The van der Waals surface area contributed by atoms with Crippen LogP contribution in [-0.4, -0.2) is 20.9 Å². The monoisotopic (exact) mass is 782 g/mol. The smallest absolute Gasteiger partial charge is 0.162 e. The number of carbonyl (C=O) groups excluding carboxylic acids is 1. The molecule has 0 unspecified atom stereocenters. The Morgan fingerprint density at radius 1 is 0.889 bits per heavy atom. The Morgan fingerprint density at radius 3 is 2.22 bits per heavy atom. The molecule has 45 heavy (non-hydrogen) atoms. The molecule has 2 heterocycles. The van der Waals surface area contributed by atoms with E-state index in [1.54, 1.807) is 12.6 Å². The fourth-order valence-electron chi connectivity index (χ4n) is 5.61. The molecule has 0 aliphatic heterocycles. The number of allylic oxidation sites excluding steroid dienone is 2. The molecule has 0 aliphatic rings. The summed E-state index contributed by atoms with van der Waals surface area (Å²) in [6, 6.07) is 24.3. The number of hydrogen-bond donors (Lipinski definition) is 1. The normalized spacial score (nSPS) is 11.9. The molecule has 6 heteroatoms. The molecular formula is C39H45IrN2O3-. The third-order valence-corrected chi connectivity index (χ3v) is 8.36. The fraction of sp³-hybridized carbons (Fsp3) is 0.359. The molecule has 0 spiro atoms. The zero-order valence-corrected chi connectivity index (χ0v) is 29.9. The van der Waals surface area contributed by atoms with Crippen LogP contribution in [0.4, 0.5) is 0 Å². The van der Waals surface area contributed by atoms with Crippen LogP contribution in [0.2, 0.25) is 0 Å². The van der Waals surface area contributed by atoms with Gasteiger partial charge in [0.1, 0.15) is 11.9 Å². The Balaban J connectivity index is 0.000000297. The van der Waals surface area contributed by atoms with Gasteiger partial charge in [-0.3, -0.25) is 9.78 Å². The van der Waals surface area contributed by atoms with E-state index in [9.17, 15) is 9.90 Å². The minimum Gasteiger partial charge on any atom is -0.512 e. The summed E-state index contributed by atoms with van der Waals surface area (Å²) >= 11 is 0. The number of aliphatic hydroxyl groups excluding tert-OH is 1. The minimum atomic E-state index is 0. The standard InChI is InChI=1S/C26H21N2O.C13H24O2.Ir/c1-26(2,3)22-14-19(13-18-7-4-5-9-20(18)22)23-15-24(28-16-27-23)21-10-6-8-17-11-12-29-25(17)21;1-5-10(6-2)12(14)9-13(15)11(7-3)8-4;/h4-12,14-16H,1-3H3;9-11,14H,5-8H2,1-4H3;/q-1;;/b;12-9-;. The summed E-state index contributed by atoms with van der Waals surface area (Å²) < 4.78 is 5.70. The Morgan fingerprint density at radius 2 is 1.56 bits per heavy atom. The number of fused-ring (bicyclic) bond motifs is 2. The first-order chi connectivity index (χ1) is 21.1. The van der Waals surface area contributed by atoms with Gasteiger partial charge in [-0.05, 0) is 49.3 Å². The van der Waals surface area contributed by atoms with E-state index in [0.717, 1.165) is 64.6 Å². The summed E-state index contributed by atoms with van der Waals surface area (Å²) in [6.45, 7) is 14.8. The van der Waals surface area contributed by atoms with E-state index in [1.165, 1.54) is 17.0 Å². The predicted molar refractivity (Wildman–Crippen MR) is 182 cm³/mol. The minimum absolute atomic E-state index is 0. The van der Waals surface area contributed by atoms with Crippen LogP contribution in [0, 0.1) is 17.9 Å². The van der Waals surface area contributed by atoms with Gasteiger partial charge < -0.3 is 9.52 Å². The molecule has 0 bridgehead atoms. The SMILES string of the molecule is CC(C)(C)c1cc(-c2cc(-c3cccc4ccoc34)ncn2)[c-]c2ccccc12.CCC(CC)C(=O)/C=C(\O)C(CC)CC.[Ir]. The molecule has 0 fully saturated rings. The Hall–Kier alpha value is -3.60. The fourth-order valence-corrected chi connectivity index (χ4v) is 5.61. The maximum atomic E-state index is 11.7. The third-order valence-electron chi connectivity index (χ3n) is 8.36. The molecule has 3 aromatic carbocycles. The van der Waals surface area contributed by atoms with Crippen LogP contribution < -0.4 is 0 Å². The average molecular weight is 782 g/mol. The Kier molecular flexibility index (Phi) is 12.8. The molecule has 5 nitrogen and oxygen atoms in total. The number of aromatic nitrogens is 2. The Labute approximate surface area is 281 Å². The first kappa shape index (κ1) is 35.9. The van der Waals surface area contributed by atoms with Crippen molar-refractivity contribution in [2.45, 2.75) is 79.6 Å². The van der Waals surface area contributed by atoms with Crippen molar-refractivity contribution in [3.63, 3.8) is 0 Å². The van der Waals surface area contributed by atoms with Gasteiger partial charge in [-0.2, -0.15) is 0 Å². The second kappa shape index (κ2) is 16.1. The second-order valence-electron chi connectivity index (χ2n) is 12.3. The van der Waals surface area contributed by atoms with Crippen LogP contribution in [0.25, 0.3) is 44.3 Å². The van der Waals surface area contributed by atoms with Gasteiger partial charge in [-0.25, -0.2) is 4.98 Å². The number of hydrogen-bond acceptors (Lipinski definition) is 5. The summed E-state index contributed by atoms with van der Waals surface area (Å²) in [5.41, 5.74) is 5.78. The number of aliphatic hydroxyl groups is 1. The topological polar surface area (TPSA) is 76.2 Å². The largest absolute Gasteiger partial charge is 0.512 e.